The first-order valence-corrected chi connectivity index (χ1v) is 16.9. The van der Waals surface area contributed by atoms with E-state index in [-0.39, 0.29) is 5.43 Å². The molecule has 238 valence electrons. The van der Waals surface area contributed by atoms with Crippen molar-refractivity contribution in [2.24, 2.45) is 0 Å². The summed E-state index contributed by atoms with van der Waals surface area (Å²) in [5.41, 5.74) is 12.3. The summed E-state index contributed by atoms with van der Waals surface area (Å²) in [6.07, 6.45) is 1.86. The number of rotatable bonds is 6. The van der Waals surface area contributed by atoms with Crippen molar-refractivity contribution in [2.75, 3.05) is 4.90 Å². The minimum absolute atomic E-state index is 0.0362. The van der Waals surface area contributed by atoms with Gasteiger partial charge in [0.15, 0.2) is 5.43 Å². The van der Waals surface area contributed by atoms with Crippen LogP contribution in [-0.4, -0.2) is 9.13 Å². The highest BCUT2D eigenvalue weighted by atomic mass is 16.1. The van der Waals surface area contributed by atoms with Gasteiger partial charge in [0.2, 0.25) is 0 Å². The predicted octanol–water partition coefficient (Wildman–Crippen LogP) is 11.5. The lowest BCUT2D eigenvalue weighted by molar-refractivity contribution is 1.10. The fourth-order valence-electron chi connectivity index (χ4n) is 7.29. The first kappa shape index (κ1) is 29.5. The van der Waals surface area contributed by atoms with Gasteiger partial charge in [0.25, 0.3) is 0 Å². The molecule has 50 heavy (non-hydrogen) atoms. The molecule has 0 aliphatic rings. The standard InChI is InChI=1S/C46H33N3O/c1-32-30-34(33-20-23-35(24-21-33)47-29-28-46(50)40-17-9-10-18-43(40)47)22-26-42(32)49-44-19-11-8-16-39(44)41-31-38(25-27-45(41)49)48(36-12-4-2-5-13-36)37-14-6-3-7-15-37/h2-31H,1H3. The Bertz CT molecular complexity index is 2690. The van der Waals surface area contributed by atoms with Gasteiger partial charge in [0.1, 0.15) is 0 Å². The van der Waals surface area contributed by atoms with Crippen LogP contribution in [-0.2, 0) is 0 Å². The Kier molecular flexibility index (Phi) is 7.14. The molecule has 0 spiro atoms. The van der Waals surface area contributed by atoms with Gasteiger partial charge in [-0.1, -0.05) is 84.9 Å². The van der Waals surface area contributed by atoms with E-state index >= 15 is 0 Å². The third kappa shape index (κ3) is 4.97. The summed E-state index contributed by atoms with van der Waals surface area (Å²) in [6.45, 7) is 2.20. The fourth-order valence-corrected chi connectivity index (χ4v) is 7.29. The molecule has 0 fully saturated rings. The summed E-state index contributed by atoms with van der Waals surface area (Å²) in [7, 11) is 0. The first-order chi connectivity index (χ1) is 24.6. The fraction of sp³-hybridized carbons (Fsp3) is 0.0217. The van der Waals surface area contributed by atoms with E-state index in [4.69, 9.17) is 0 Å². The number of aryl methyl sites for hydroxylation is 1. The zero-order valence-electron chi connectivity index (χ0n) is 27.6. The van der Waals surface area contributed by atoms with E-state index in [2.05, 4.69) is 167 Å². The third-order valence-electron chi connectivity index (χ3n) is 9.66. The second kappa shape index (κ2) is 12.1. The lowest BCUT2D eigenvalue weighted by atomic mass is 10.0. The van der Waals surface area contributed by atoms with Crippen molar-refractivity contribution in [3.63, 3.8) is 0 Å². The molecule has 0 aliphatic heterocycles. The van der Waals surface area contributed by atoms with Crippen LogP contribution in [0.5, 0.6) is 0 Å². The van der Waals surface area contributed by atoms with Crippen molar-refractivity contribution < 1.29 is 0 Å². The molecule has 0 atom stereocenters. The molecule has 0 N–H and O–H groups in total. The van der Waals surface area contributed by atoms with Crippen LogP contribution in [0.3, 0.4) is 0 Å². The van der Waals surface area contributed by atoms with Crippen LogP contribution in [0.2, 0.25) is 0 Å². The van der Waals surface area contributed by atoms with E-state index in [1.54, 1.807) is 6.07 Å². The molecule has 9 aromatic rings. The molecule has 0 amide bonds. The van der Waals surface area contributed by atoms with Gasteiger partial charge in [-0.3, -0.25) is 4.79 Å². The van der Waals surface area contributed by atoms with Gasteiger partial charge in [-0.05, 0) is 109 Å². The van der Waals surface area contributed by atoms with E-state index < -0.39 is 0 Å². The van der Waals surface area contributed by atoms with Gasteiger partial charge in [-0.15, -0.1) is 0 Å². The highest BCUT2D eigenvalue weighted by Crippen LogP contribution is 2.40. The Morgan fingerprint density at radius 2 is 1.06 bits per heavy atom. The second-order valence-corrected chi connectivity index (χ2v) is 12.7. The Balaban J connectivity index is 1.12. The zero-order chi connectivity index (χ0) is 33.6. The second-order valence-electron chi connectivity index (χ2n) is 12.7. The highest BCUT2D eigenvalue weighted by Gasteiger charge is 2.18. The monoisotopic (exact) mass is 643 g/mol. The van der Waals surface area contributed by atoms with Crippen molar-refractivity contribution in [3.8, 4) is 22.5 Å². The Labute approximate surface area is 290 Å². The maximum atomic E-state index is 12.4. The number of anilines is 3. The summed E-state index contributed by atoms with van der Waals surface area (Å²) in [5.74, 6) is 0. The minimum Gasteiger partial charge on any atom is -0.316 e. The average Bonchev–Trinajstić information content (AvgIpc) is 3.50. The molecule has 0 unspecified atom stereocenters. The number of para-hydroxylation sites is 4. The largest absolute Gasteiger partial charge is 0.316 e. The van der Waals surface area contributed by atoms with Gasteiger partial charge in [-0.25, -0.2) is 0 Å². The summed E-state index contributed by atoms with van der Waals surface area (Å²) >= 11 is 0. The van der Waals surface area contributed by atoms with Crippen molar-refractivity contribution >= 4 is 49.8 Å². The Hall–Kier alpha value is -6.65. The van der Waals surface area contributed by atoms with Gasteiger partial charge < -0.3 is 14.0 Å². The summed E-state index contributed by atoms with van der Waals surface area (Å²) in [6, 6.07) is 61.3. The molecule has 0 saturated carbocycles. The summed E-state index contributed by atoms with van der Waals surface area (Å²) in [5, 5.41) is 3.15. The van der Waals surface area contributed by atoms with E-state index in [1.807, 2.05) is 30.5 Å². The van der Waals surface area contributed by atoms with Crippen LogP contribution >= 0.6 is 0 Å². The molecule has 9 rings (SSSR count). The van der Waals surface area contributed by atoms with E-state index in [0.717, 1.165) is 50.5 Å². The number of aromatic nitrogens is 2. The number of pyridine rings is 1. The van der Waals surface area contributed by atoms with Crippen LogP contribution in [0.25, 0.3) is 55.2 Å². The van der Waals surface area contributed by atoms with Gasteiger partial charge >= 0.3 is 0 Å². The average molecular weight is 644 g/mol. The molecular formula is C46H33N3O. The van der Waals surface area contributed by atoms with Crippen molar-refractivity contribution in [2.45, 2.75) is 6.92 Å². The van der Waals surface area contributed by atoms with Crippen molar-refractivity contribution in [1.82, 2.24) is 9.13 Å². The molecule has 4 heteroatoms. The first-order valence-electron chi connectivity index (χ1n) is 16.9. The summed E-state index contributed by atoms with van der Waals surface area (Å²) < 4.78 is 4.47. The van der Waals surface area contributed by atoms with Crippen LogP contribution < -0.4 is 10.3 Å². The molecule has 0 saturated heterocycles. The molecule has 0 bridgehead atoms. The lowest BCUT2D eigenvalue weighted by Crippen LogP contribution is -2.09. The molecule has 2 heterocycles. The topological polar surface area (TPSA) is 30.2 Å². The van der Waals surface area contributed by atoms with Gasteiger partial charge in [0, 0.05) is 56.9 Å². The maximum Gasteiger partial charge on any atom is 0.189 e. The smallest absolute Gasteiger partial charge is 0.189 e. The molecule has 7 aromatic carbocycles. The van der Waals surface area contributed by atoms with Crippen LogP contribution in [0.15, 0.2) is 187 Å². The molecular weight excluding hydrogens is 611 g/mol. The van der Waals surface area contributed by atoms with Crippen LogP contribution in [0.1, 0.15) is 5.56 Å². The number of hydrogen-bond acceptors (Lipinski definition) is 2. The number of nitrogens with zero attached hydrogens (tertiary/aromatic N) is 3. The van der Waals surface area contributed by atoms with Crippen LogP contribution in [0, 0.1) is 6.92 Å². The zero-order valence-corrected chi connectivity index (χ0v) is 27.6. The molecule has 0 aliphatic carbocycles. The molecule has 4 nitrogen and oxygen atoms in total. The van der Waals surface area contributed by atoms with E-state index in [0.29, 0.717) is 0 Å². The molecule has 2 aromatic heterocycles. The number of benzene rings is 7. The SMILES string of the molecule is Cc1cc(-c2ccc(-n3ccc(=O)c4ccccc43)cc2)ccc1-n1c2ccccc2c2cc(N(c3ccccc3)c3ccccc3)ccc21. The third-order valence-corrected chi connectivity index (χ3v) is 9.66. The maximum absolute atomic E-state index is 12.4. The number of fused-ring (bicyclic) bond motifs is 4. The number of hydrogen-bond donors (Lipinski definition) is 0. The minimum atomic E-state index is 0.0362. The normalized spacial score (nSPS) is 11.4. The molecule has 0 radical (unpaired) electrons. The van der Waals surface area contributed by atoms with Crippen molar-refractivity contribution in [1.29, 1.82) is 0 Å². The van der Waals surface area contributed by atoms with Crippen LogP contribution in [0.4, 0.5) is 17.1 Å². The highest BCUT2D eigenvalue weighted by molar-refractivity contribution is 6.10. The van der Waals surface area contributed by atoms with Gasteiger partial charge in [-0.2, -0.15) is 0 Å². The van der Waals surface area contributed by atoms with Crippen molar-refractivity contribution in [3.05, 3.63) is 198 Å². The lowest BCUT2D eigenvalue weighted by Gasteiger charge is -2.25. The summed E-state index contributed by atoms with van der Waals surface area (Å²) in [4.78, 5) is 14.7. The van der Waals surface area contributed by atoms with E-state index in [9.17, 15) is 4.79 Å². The quantitative estimate of drug-likeness (QED) is 0.180. The Morgan fingerprint density at radius 3 is 1.76 bits per heavy atom. The predicted molar refractivity (Wildman–Crippen MR) is 209 cm³/mol. The van der Waals surface area contributed by atoms with Gasteiger partial charge in [0.05, 0.1) is 16.6 Å². The Morgan fingerprint density at radius 1 is 0.460 bits per heavy atom. The van der Waals surface area contributed by atoms with E-state index in [1.165, 1.54) is 27.4 Å².